The Morgan fingerprint density at radius 2 is 2.15 bits per heavy atom. The van der Waals surface area contributed by atoms with E-state index >= 15 is 4.39 Å². The largest absolute Gasteiger partial charge is 0.462 e. The standard InChI is InChI=1S/C18H20F2N2O5/c1-2-27-18(26)12-7-22(9-3-4-9)16-11(17(12)25)5-13(19)15(14(16)20)21-6-10(24)8-23/h5,7,9-10,21,23-24H,2-4,6,8H2,1H3. The third-order valence-corrected chi connectivity index (χ3v) is 4.37. The molecule has 1 heterocycles. The van der Waals surface area contributed by atoms with E-state index in [0.29, 0.717) is 0 Å². The third-order valence-electron chi connectivity index (χ3n) is 4.37. The lowest BCUT2D eigenvalue weighted by molar-refractivity contribution is 0.0524. The number of halogens is 2. The van der Waals surface area contributed by atoms with Gasteiger partial charge in [0.05, 0.1) is 30.2 Å². The fraction of sp³-hybridized carbons (Fsp3) is 0.444. The first kappa shape index (κ1) is 19.2. The Kier molecular flexibility index (Phi) is 5.43. The van der Waals surface area contributed by atoms with Gasteiger partial charge in [-0.2, -0.15) is 0 Å². The molecule has 1 saturated carbocycles. The van der Waals surface area contributed by atoms with Crippen molar-refractivity contribution in [3.8, 4) is 0 Å². The predicted molar refractivity (Wildman–Crippen MR) is 93.9 cm³/mol. The van der Waals surface area contributed by atoms with Crippen LogP contribution >= 0.6 is 0 Å². The van der Waals surface area contributed by atoms with Crippen LogP contribution in [0, 0.1) is 11.6 Å². The van der Waals surface area contributed by atoms with Crippen LogP contribution in [0.15, 0.2) is 17.1 Å². The Bertz CT molecular complexity index is 940. The lowest BCUT2D eigenvalue weighted by Crippen LogP contribution is -2.25. The summed E-state index contributed by atoms with van der Waals surface area (Å²) in [5, 5.41) is 20.4. The first-order valence-electron chi connectivity index (χ1n) is 8.65. The van der Waals surface area contributed by atoms with Gasteiger partial charge in [-0.1, -0.05) is 0 Å². The summed E-state index contributed by atoms with van der Waals surface area (Å²) < 4.78 is 35.8. The number of fused-ring (bicyclic) bond motifs is 1. The van der Waals surface area contributed by atoms with Gasteiger partial charge in [-0.25, -0.2) is 13.6 Å². The first-order valence-corrected chi connectivity index (χ1v) is 8.65. The molecule has 0 aliphatic heterocycles. The van der Waals surface area contributed by atoms with Gasteiger partial charge >= 0.3 is 5.97 Å². The number of esters is 1. The van der Waals surface area contributed by atoms with Crippen LogP contribution < -0.4 is 10.7 Å². The molecule has 1 aliphatic rings. The fourth-order valence-corrected chi connectivity index (χ4v) is 2.88. The van der Waals surface area contributed by atoms with Gasteiger partial charge in [0.25, 0.3) is 0 Å². The number of hydrogen-bond acceptors (Lipinski definition) is 6. The maximum atomic E-state index is 15.1. The van der Waals surface area contributed by atoms with Gasteiger partial charge in [-0.15, -0.1) is 0 Å². The number of pyridine rings is 1. The molecule has 3 rings (SSSR count). The van der Waals surface area contributed by atoms with Gasteiger partial charge in [0.1, 0.15) is 17.1 Å². The van der Waals surface area contributed by atoms with E-state index in [1.165, 1.54) is 10.8 Å². The molecule has 1 aromatic carbocycles. The van der Waals surface area contributed by atoms with Crippen molar-refractivity contribution in [2.45, 2.75) is 31.9 Å². The smallest absolute Gasteiger partial charge is 0.343 e. The number of aliphatic hydroxyl groups excluding tert-OH is 2. The minimum absolute atomic E-state index is 0.0680. The number of rotatable bonds is 7. The number of nitrogens with one attached hydrogen (secondary N) is 1. The summed E-state index contributed by atoms with van der Waals surface area (Å²) in [5.74, 6) is -2.87. The van der Waals surface area contributed by atoms with Crippen molar-refractivity contribution in [1.82, 2.24) is 4.57 Å². The zero-order valence-corrected chi connectivity index (χ0v) is 14.7. The van der Waals surface area contributed by atoms with E-state index in [0.717, 1.165) is 18.9 Å². The first-order chi connectivity index (χ1) is 12.9. The molecule has 3 N–H and O–H groups in total. The number of aromatic nitrogens is 1. The Hall–Kier alpha value is -2.52. The average molecular weight is 382 g/mol. The van der Waals surface area contributed by atoms with E-state index in [2.05, 4.69) is 5.32 Å². The van der Waals surface area contributed by atoms with Crippen molar-refractivity contribution in [3.05, 3.63) is 39.7 Å². The van der Waals surface area contributed by atoms with Gasteiger partial charge in [0.15, 0.2) is 5.82 Å². The van der Waals surface area contributed by atoms with Crippen molar-refractivity contribution in [2.24, 2.45) is 0 Å². The molecule has 1 aliphatic carbocycles. The van der Waals surface area contributed by atoms with Crippen LogP contribution in [0.2, 0.25) is 0 Å². The highest BCUT2D eigenvalue weighted by Gasteiger charge is 2.30. The molecule has 1 fully saturated rings. The molecule has 1 unspecified atom stereocenters. The number of ether oxygens (including phenoxy) is 1. The monoisotopic (exact) mass is 382 g/mol. The van der Waals surface area contributed by atoms with Crippen LogP contribution in [0.4, 0.5) is 14.5 Å². The molecule has 1 aromatic heterocycles. The Balaban J connectivity index is 2.19. The minimum atomic E-state index is -1.20. The van der Waals surface area contributed by atoms with E-state index in [9.17, 15) is 19.1 Å². The molecule has 0 bridgehead atoms. The number of carbonyl (C=O) groups excluding carboxylic acids is 1. The highest BCUT2D eigenvalue weighted by molar-refractivity contribution is 5.95. The maximum absolute atomic E-state index is 15.1. The minimum Gasteiger partial charge on any atom is -0.462 e. The molecule has 9 heteroatoms. The van der Waals surface area contributed by atoms with Crippen LogP contribution in [0.3, 0.4) is 0 Å². The Morgan fingerprint density at radius 3 is 2.74 bits per heavy atom. The SMILES string of the molecule is CCOC(=O)c1cn(C2CC2)c2c(F)c(NCC(O)CO)c(F)cc2c1=O. The third kappa shape index (κ3) is 3.65. The van der Waals surface area contributed by atoms with Crippen LogP contribution in [0.1, 0.15) is 36.2 Å². The maximum Gasteiger partial charge on any atom is 0.343 e. The lowest BCUT2D eigenvalue weighted by Gasteiger charge is -2.17. The van der Waals surface area contributed by atoms with E-state index < -0.39 is 41.4 Å². The quantitative estimate of drug-likeness (QED) is 0.629. The highest BCUT2D eigenvalue weighted by atomic mass is 19.1. The molecular weight excluding hydrogens is 362 g/mol. The highest BCUT2D eigenvalue weighted by Crippen LogP contribution is 2.39. The molecule has 0 radical (unpaired) electrons. The van der Waals surface area contributed by atoms with Crippen LogP contribution in [-0.2, 0) is 4.74 Å². The number of aliphatic hydroxyl groups is 2. The fourth-order valence-electron chi connectivity index (χ4n) is 2.88. The van der Waals surface area contributed by atoms with Crippen LogP contribution in [0.5, 0.6) is 0 Å². The van der Waals surface area contributed by atoms with Gasteiger partial charge < -0.3 is 24.8 Å². The summed E-state index contributed by atoms with van der Waals surface area (Å²) in [7, 11) is 0. The van der Waals surface area contributed by atoms with Crippen molar-refractivity contribution in [2.75, 3.05) is 25.1 Å². The second-order valence-corrected chi connectivity index (χ2v) is 6.39. The summed E-state index contributed by atoms with van der Waals surface area (Å²) in [6.07, 6.45) is 1.54. The molecule has 0 spiro atoms. The molecule has 0 amide bonds. The Morgan fingerprint density at radius 1 is 1.44 bits per heavy atom. The average Bonchev–Trinajstić information content (AvgIpc) is 3.47. The van der Waals surface area contributed by atoms with E-state index in [-0.39, 0.29) is 35.7 Å². The molecule has 27 heavy (non-hydrogen) atoms. The predicted octanol–water partition coefficient (Wildman–Crippen LogP) is 1.56. The molecule has 0 saturated heterocycles. The van der Waals surface area contributed by atoms with Crippen LogP contribution in [0.25, 0.3) is 10.9 Å². The van der Waals surface area contributed by atoms with Crippen LogP contribution in [-0.4, -0.2) is 46.6 Å². The zero-order valence-electron chi connectivity index (χ0n) is 14.7. The molecule has 7 nitrogen and oxygen atoms in total. The van der Waals surface area contributed by atoms with Gasteiger partial charge in [0, 0.05) is 18.8 Å². The number of carbonyl (C=O) groups is 1. The van der Waals surface area contributed by atoms with Gasteiger partial charge in [-0.05, 0) is 25.8 Å². The normalized spacial score (nSPS) is 15.0. The van der Waals surface area contributed by atoms with E-state index in [1.54, 1.807) is 6.92 Å². The number of benzene rings is 1. The van der Waals surface area contributed by atoms with E-state index in [4.69, 9.17) is 9.84 Å². The van der Waals surface area contributed by atoms with Crippen molar-refractivity contribution in [1.29, 1.82) is 0 Å². The molecule has 2 aromatic rings. The molecule has 146 valence electrons. The second-order valence-electron chi connectivity index (χ2n) is 6.39. The van der Waals surface area contributed by atoms with Crippen molar-refractivity contribution in [3.63, 3.8) is 0 Å². The number of hydrogen-bond donors (Lipinski definition) is 3. The summed E-state index contributed by atoms with van der Waals surface area (Å²) in [5.41, 5.74) is -1.70. The van der Waals surface area contributed by atoms with Crippen molar-refractivity contribution >= 4 is 22.6 Å². The summed E-state index contributed by atoms with van der Waals surface area (Å²) >= 11 is 0. The van der Waals surface area contributed by atoms with E-state index in [1.807, 2.05) is 0 Å². The lowest BCUT2D eigenvalue weighted by atomic mass is 10.1. The summed E-state index contributed by atoms with van der Waals surface area (Å²) in [4.78, 5) is 24.7. The van der Waals surface area contributed by atoms with Crippen molar-refractivity contribution < 1.29 is 28.5 Å². The molecule has 1 atom stereocenters. The zero-order chi connectivity index (χ0) is 19.7. The number of nitrogens with zero attached hydrogens (tertiary/aromatic N) is 1. The Labute approximate surface area is 153 Å². The van der Waals surface area contributed by atoms with Gasteiger partial charge in [0.2, 0.25) is 5.43 Å². The summed E-state index contributed by atoms with van der Waals surface area (Å²) in [6.45, 7) is 0.818. The molecular formula is C18H20F2N2O5. The topological polar surface area (TPSA) is 101 Å². The number of anilines is 1. The summed E-state index contributed by atoms with van der Waals surface area (Å²) in [6, 6.07) is 0.771. The second kappa shape index (κ2) is 7.61. The van der Waals surface area contributed by atoms with Gasteiger partial charge in [-0.3, -0.25) is 4.79 Å².